The number of esters is 1. The number of carbonyl (C=O) groups is 2. The second kappa shape index (κ2) is 2.60. The van der Waals surface area contributed by atoms with Crippen molar-refractivity contribution in [3.8, 4) is 0 Å². The predicted octanol–water partition coefficient (Wildman–Crippen LogP) is 1.94. The zero-order valence-corrected chi connectivity index (χ0v) is 10.4. The summed E-state index contributed by atoms with van der Waals surface area (Å²) in [4.78, 5) is 24.0. The molecule has 3 saturated carbocycles. The maximum atomic E-state index is 12.1. The maximum absolute atomic E-state index is 12.1. The Hall–Kier alpha value is -0.860. The van der Waals surface area contributed by atoms with Crippen LogP contribution in [0, 0.1) is 28.6 Å². The first-order valence-corrected chi connectivity index (χ1v) is 6.70. The average molecular weight is 234 g/mol. The second-order valence-electron chi connectivity index (χ2n) is 7.11. The zero-order chi connectivity index (χ0) is 12.0. The van der Waals surface area contributed by atoms with Crippen molar-refractivity contribution in [2.24, 2.45) is 28.6 Å². The van der Waals surface area contributed by atoms with Crippen LogP contribution in [0.5, 0.6) is 0 Å². The Morgan fingerprint density at radius 1 is 1.18 bits per heavy atom. The maximum Gasteiger partial charge on any atom is 0.310 e. The Bertz CT molecular complexity index is 437. The molecule has 4 aliphatic rings. The summed E-state index contributed by atoms with van der Waals surface area (Å²) in [5, 5.41) is 0. The van der Waals surface area contributed by atoms with Crippen LogP contribution in [0.2, 0.25) is 0 Å². The number of ketones is 1. The van der Waals surface area contributed by atoms with Crippen LogP contribution >= 0.6 is 0 Å². The fourth-order valence-electron chi connectivity index (χ4n) is 5.70. The Balaban J connectivity index is 1.92. The van der Waals surface area contributed by atoms with Crippen molar-refractivity contribution in [3.63, 3.8) is 0 Å². The number of hydrogen-bond donors (Lipinski definition) is 0. The van der Waals surface area contributed by atoms with Crippen molar-refractivity contribution in [1.29, 1.82) is 0 Å². The van der Waals surface area contributed by atoms with Gasteiger partial charge in [0.05, 0.1) is 5.92 Å². The van der Waals surface area contributed by atoms with Gasteiger partial charge in [-0.05, 0) is 36.5 Å². The third-order valence-electron chi connectivity index (χ3n) is 6.08. The summed E-state index contributed by atoms with van der Waals surface area (Å²) >= 11 is 0. The molecule has 1 saturated heterocycles. The molecule has 1 unspecified atom stereocenters. The lowest BCUT2D eigenvalue weighted by Crippen LogP contribution is -2.39. The van der Waals surface area contributed by atoms with Crippen LogP contribution in [0.3, 0.4) is 0 Å². The highest BCUT2D eigenvalue weighted by Crippen LogP contribution is 2.72. The van der Waals surface area contributed by atoms with Crippen molar-refractivity contribution < 1.29 is 14.3 Å². The largest absolute Gasteiger partial charge is 0.453 e. The van der Waals surface area contributed by atoms with E-state index in [1.54, 1.807) is 0 Å². The summed E-state index contributed by atoms with van der Waals surface area (Å²) in [7, 11) is 0. The van der Waals surface area contributed by atoms with Crippen LogP contribution in [0.15, 0.2) is 0 Å². The van der Waals surface area contributed by atoms with E-state index in [2.05, 4.69) is 13.8 Å². The first kappa shape index (κ1) is 10.1. The fraction of sp³-hybridized carbons (Fsp3) is 0.857. The molecule has 0 aromatic rings. The third-order valence-corrected chi connectivity index (χ3v) is 6.08. The third kappa shape index (κ3) is 0.892. The van der Waals surface area contributed by atoms with Crippen LogP contribution in [0.25, 0.3) is 0 Å². The Morgan fingerprint density at radius 2 is 1.94 bits per heavy atom. The molecule has 3 heteroatoms. The van der Waals surface area contributed by atoms with Gasteiger partial charge >= 0.3 is 5.97 Å². The van der Waals surface area contributed by atoms with E-state index >= 15 is 0 Å². The summed E-state index contributed by atoms with van der Waals surface area (Å²) in [6.45, 7) is 4.61. The second-order valence-corrected chi connectivity index (χ2v) is 7.11. The molecule has 4 rings (SSSR count). The van der Waals surface area contributed by atoms with Gasteiger partial charge in [-0.2, -0.15) is 0 Å². The standard InChI is InChI=1S/C14H18O3/c1-13(2)6-14-8-4-3-7(13)9(14)5-10(15)11(14)17-12(8)16/h7-9,11H,3-6H2,1-2H3/t7?,8-,9+,11-,14-/m1/s1. The summed E-state index contributed by atoms with van der Waals surface area (Å²) < 4.78 is 5.44. The molecule has 0 radical (unpaired) electrons. The van der Waals surface area contributed by atoms with Crippen LogP contribution in [-0.4, -0.2) is 17.9 Å². The van der Waals surface area contributed by atoms with E-state index in [0.29, 0.717) is 18.3 Å². The lowest BCUT2D eigenvalue weighted by atomic mass is 9.63. The highest BCUT2D eigenvalue weighted by atomic mass is 16.6. The summed E-state index contributed by atoms with van der Waals surface area (Å²) in [5.74, 6) is 1.14. The van der Waals surface area contributed by atoms with Gasteiger partial charge in [0.25, 0.3) is 0 Å². The summed E-state index contributed by atoms with van der Waals surface area (Å²) in [5.41, 5.74) is 0.160. The van der Waals surface area contributed by atoms with E-state index in [1.165, 1.54) is 0 Å². The van der Waals surface area contributed by atoms with Gasteiger partial charge in [0.2, 0.25) is 0 Å². The van der Waals surface area contributed by atoms with E-state index in [1.807, 2.05) is 0 Å². The van der Waals surface area contributed by atoms with Crippen LogP contribution < -0.4 is 0 Å². The molecule has 0 aromatic heterocycles. The van der Waals surface area contributed by atoms with Gasteiger partial charge < -0.3 is 4.74 Å². The SMILES string of the molecule is CC1(C)C[C@@]23[C@@H]4CCC1[C@@H]2CC(=O)[C@H]3OC4=O. The molecule has 4 fully saturated rings. The quantitative estimate of drug-likeness (QED) is 0.602. The number of Topliss-reactive ketones (excluding diaryl/α,β-unsaturated/α-hetero) is 1. The van der Waals surface area contributed by atoms with E-state index < -0.39 is 6.10 Å². The first-order valence-electron chi connectivity index (χ1n) is 6.70. The molecule has 2 bridgehead atoms. The topological polar surface area (TPSA) is 43.4 Å². The van der Waals surface area contributed by atoms with Gasteiger partial charge in [-0.25, -0.2) is 0 Å². The highest BCUT2D eigenvalue weighted by molar-refractivity contribution is 5.94. The predicted molar refractivity (Wildman–Crippen MR) is 60.0 cm³/mol. The van der Waals surface area contributed by atoms with Crippen molar-refractivity contribution in [2.45, 2.75) is 45.6 Å². The zero-order valence-electron chi connectivity index (χ0n) is 10.4. The van der Waals surface area contributed by atoms with Gasteiger partial charge in [-0.3, -0.25) is 9.59 Å². The molecule has 1 heterocycles. The summed E-state index contributed by atoms with van der Waals surface area (Å²) in [6, 6.07) is 0. The first-order chi connectivity index (χ1) is 7.97. The van der Waals surface area contributed by atoms with E-state index in [-0.39, 0.29) is 28.5 Å². The minimum absolute atomic E-state index is 0.0157. The van der Waals surface area contributed by atoms with Crippen LogP contribution in [0.4, 0.5) is 0 Å². The molecule has 1 aliphatic heterocycles. The molecule has 3 nitrogen and oxygen atoms in total. The lowest BCUT2D eigenvalue weighted by Gasteiger charge is -2.37. The van der Waals surface area contributed by atoms with Crippen molar-refractivity contribution in [3.05, 3.63) is 0 Å². The molecule has 0 amide bonds. The fourth-order valence-corrected chi connectivity index (χ4v) is 5.70. The minimum Gasteiger partial charge on any atom is -0.453 e. The van der Waals surface area contributed by atoms with Crippen molar-refractivity contribution >= 4 is 11.8 Å². The van der Waals surface area contributed by atoms with Crippen molar-refractivity contribution in [1.82, 2.24) is 0 Å². The Labute approximate surface area is 101 Å². The molecule has 3 aliphatic carbocycles. The normalized spacial score (nSPS) is 53.8. The molecule has 1 spiro atoms. The molecular weight excluding hydrogens is 216 g/mol. The van der Waals surface area contributed by atoms with Gasteiger partial charge in [-0.15, -0.1) is 0 Å². The van der Waals surface area contributed by atoms with Gasteiger partial charge in [0.1, 0.15) is 0 Å². The molecule has 0 aromatic carbocycles. The number of hydrogen-bond acceptors (Lipinski definition) is 3. The molecule has 0 N–H and O–H groups in total. The Morgan fingerprint density at radius 3 is 2.71 bits per heavy atom. The highest BCUT2D eigenvalue weighted by Gasteiger charge is 2.75. The van der Waals surface area contributed by atoms with Gasteiger partial charge in [0, 0.05) is 11.8 Å². The van der Waals surface area contributed by atoms with Crippen LogP contribution in [-0.2, 0) is 14.3 Å². The Kier molecular flexibility index (Phi) is 1.54. The van der Waals surface area contributed by atoms with Gasteiger partial charge in [-0.1, -0.05) is 13.8 Å². The molecule has 17 heavy (non-hydrogen) atoms. The number of carbonyl (C=O) groups excluding carboxylic acids is 2. The molecule has 5 atom stereocenters. The van der Waals surface area contributed by atoms with Crippen LogP contribution in [0.1, 0.15) is 39.5 Å². The molecular formula is C14H18O3. The smallest absolute Gasteiger partial charge is 0.310 e. The minimum atomic E-state index is -0.394. The average Bonchev–Trinajstić information content (AvgIpc) is 2.70. The molecule has 92 valence electrons. The number of ether oxygens (including phenoxy) is 1. The summed E-state index contributed by atoms with van der Waals surface area (Å²) in [6.07, 6.45) is 3.30. The van der Waals surface area contributed by atoms with Gasteiger partial charge in [0.15, 0.2) is 11.9 Å². The van der Waals surface area contributed by atoms with E-state index in [0.717, 1.165) is 19.3 Å². The van der Waals surface area contributed by atoms with Crippen molar-refractivity contribution in [2.75, 3.05) is 0 Å². The van der Waals surface area contributed by atoms with E-state index in [4.69, 9.17) is 4.74 Å². The monoisotopic (exact) mass is 234 g/mol. The lowest BCUT2D eigenvalue weighted by molar-refractivity contribution is -0.149. The van der Waals surface area contributed by atoms with E-state index in [9.17, 15) is 9.59 Å². The number of rotatable bonds is 0.